The number of carbonyl (C=O) groups excluding carboxylic acids is 1. The summed E-state index contributed by atoms with van der Waals surface area (Å²) in [5.41, 5.74) is -0.441. The lowest BCUT2D eigenvalue weighted by Gasteiger charge is -2.16. The number of hydrogen-bond donors (Lipinski definition) is 0. The highest BCUT2D eigenvalue weighted by Crippen LogP contribution is 2.07. The Balaban J connectivity index is 3.81. The largest absolute Gasteiger partial charge is 0.442 e. The number of ether oxygens (including phenoxy) is 1. The van der Waals surface area contributed by atoms with E-state index in [9.17, 15) is 4.79 Å². The van der Waals surface area contributed by atoms with Crippen molar-refractivity contribution in [2.24, 2.45) is 4.99 Å². The molecule has 0 aliphatic heterocycles. The van der Waals surface area contributed by atoms with Gasteiger partial charge in [-0.1, -0.05) is 0 Å². The quantitative estimate of drug-likeness (QED) is 0.486. The molecule has 0 aliphatic rings. The molecule has 0 fully saturated rings. The minimum Gasteiger partial charge on any atom is -0.442 e. The van der Waals surface area contributed by atoms with Crippen LogP contribution in [0.3, 0.4) is 0 Å². The van der Waals surface area contributed by atoms with Gasteiger partial charge in [0, 0.05) is 6.21 Å². The van der Waals surface area contributed by atoms with E-state index in [-0.39, 0.29) is 0 Å². The second-order valence-corrected chi connectivity index (χ2v) is 2.87. The predicted octanol–water partition coefficient (Wildman–Crippen LogP) is 2.01. The molecule has 0 aromatic heterocycles. The first-order valence-corrected chi connectivity index (χ1v) is 3.17. The Morgan fingerprint density at radius 3 is 2.30 bits per heavy atom. The Labute approximate surface area is 61.1 Å². The Kier molecular flexibility index (Phi) is 3.06. The summed E-state index contributed by atoms with van der Waals surface area (Å²) >= 11 is 0. The molecule has 0 aliphatic carbocycles. The van der Waals surface area contributed by atoms with Crippen LogP contribution in [-0.4, -0.2) is 17.9 Å². The van der Waals surface area contributed by atoms with Crippen LogP contribution in [0.15, 0.2) is 4.99 Å². The molecule has 3 heteroatoms. The van der Waals surface area contributed by atoms with E-state index in [4.69, 9.17) is 4.74 Å². The van der Waals surface area contributed by atoms with E-state index in [1.807, 2.05) is 0 Å². The number of hydrogen-bond acceptors (Lipinski definition) is 2. The summed E-state index contributed by atoms with van der Waals surface area (Å²) in [5.74, 6) is 0. The van der Waals surface area contributed by atoms with Gasteiger partial charge in [-0.2, -0.15) is 4.99 Å². The molecule has 0 spiro atoms. The van der Waals surface area contributed by atoms with E-state index in [0.29, 0.717) is 0 Å². The summed E-state index contributed by atoms with van der Waals surface area (Å²) in [7, 11) is 0. The Bertz CT molecular complexity index is 144. The van der Waals surface area contributed by atoms with Crippen LogP contribution < -0.4 is 0 Å². The maximum atomic E-state index is 10.6. The molecule has 0 radical (unpaired) electrons. The molecular weight excluding hydrogens is 130 g/mol. The number of carbonyl (C=O) groups is 1. The van der Waals surface area contributed by atoms with Crippen molar-refractivity contribution in [2.75, 3.05) is 0 Å². The average molecular weight is 143 g/mol. The predicted molar refractivity (Wildman–Crippen MR) is 40.4 cm³/mol. The number of amides is 1. The molecule has 1 amide bonds. The first-order chi connectivity index (χ1) is 4.45. The molecule has 0 unspecified atom stereocenters. The molecule has 0 aromatic rings. The standard InChI is InChI=1S/C7H13NO2/c1-5-8-6(9)10-7(2,3)4/h5H,1-4H3. The summed E-state index contributed by atoms with van der Waals surface area (Å²) in [4.78, 5) is 14.1. The molecule has 0 atom stereocenters. The van der Waals surface area contributed by atoms with Gasteiger partial charge in [-0.25, -0.2) is 4.79 Å². The first-order valence-electron chi connectivity index (χ1n) is 3.17. The van der Waals surface area contributed by atoms with Gasteiger partial charge in [0.05, 0.1) is 0 Å². The van der Waals surface area contributed by atoms with Gasteiger partial charge < -0.3 is 4.74 Å². The van der Waals surface area contributed by atoms with Gasteiger partial charge in [-0.15, -0.1) is 0 Å². The van der Waals surface area contributed by atoms with Crippen LogP contribution >= 0.6 is 0 Å². The second kappa shape index (κ2) is 3.34. The van der Waals surface area contributed by atoms with Gasteiger partial charge in [0.1, 0.15) is 5.60 Å². The van der Waals surface area contributed by atoms with Crippen molar-refractivity contribution in [3.05, 3.63) is 0 Å². The van der Waals surface area contributed by atoms with Crippen LogP contribution in [0.2, 0.25) is 0 Å². The molecule has 0 saturated heterocycles. The van der Waals surface area contributed by atoms with Crippen molar-refractivity contribution in [3.63, 3.8) is 0 Å². The van der Waals surface area contributed by atoms with Gasteiger partial charge in [0.15, 0.2) is 0 Å². The summed E-state index contributed by atoms with van der Waals surface area (Å²) in [6.07, 6.45) is 0.878. The van der Waals surface area contributed by atoms with E-state index in [1.54, 1.807) is 27.7 Å². The maximum Gasteiger partial charge on any atom is 0.433 e. The Morgan fingerprint density at radius 2 is 2.00 bits per heavy atom. The maximum absolute atomic E-state index is 10.6. The van der Waals surface area contributed by atoms with E-state index >= 15 is 0 Å². The van der Waals surface area contributed by atoms with Crippen molar-refractivity contribution in [1.29, 1.82) is 0 Å². The smallest absolute Gasteiger partial charge is 0.433 e. The van der Waals surface area contributed by atoms with Crippen LogP contribution in [0.25, 0.3) is 0 Å². The zero-order chi connectivity index (χ0) is 8.20. The minimum atomic E-state index is -0.532. The third kappa shape index (κ3) is 5.28. The zero-order valence-electron chi connectivity index (χ0n) is 6.84. The fraction of sp³-hybridized carbons (Fsp3) is 0.714. The van der Waals surface area contributed by atoms with Crippen molar-refractivity contribution in [3.8, 4) is 0 Å². The molecule has 0 bridgehead atoms. The first kappa shape index (κ1) is 9.14. The minimum absolute atomic E-state index is 0.441. The Hall–Kier alpha value is -0.860. The highest BCUT2D eigenvalue weighted by molar-refractivity contribution is 5.78. The Morgan fingerprint density at radius 1 is 1.50 bits per heavy atom. The SMILES string of the molecule is CC=NC(=O)OC(C)(C)C. The summed E-state index contributed by atoms with van der Waals surface area (Å²) in [6, 6.07) is 0. The molecule has 0 saturated carbocycles. The molecular formula is C7H13NO2. The van der Waals surface area contributed by atoms with Crippen LogP contribution in [0.4, 0.5) is 4.79 Å². The number of nitrogens with zero attached hydrogens (tertiary/aromatic N) is 1. The van der Waals surface area contributed by atoms with Gasteiger partial charge in [-0.05, 0) is 27.7 Å². The highest BCUT2D eigenvalue weighted by Gasteiger charge is 2.14. The summed E-state index contributed by atoms with van der Waals surface area (Å²) in [5, 5.41) is 0. The third-order valence-corrected chi connectivity index (χ3v) is 0.628. The summed E-state index contributed by atoms with van der Waals surface area (Å²) < 4.78 is 4.84. The van der Waals surface area contributed by atoms with Gasteiger partial charge in [0.25, 0.3) is 0 Å². The van der Waals surface area contributed by atoms with Crippen molar-refractivity contribution >= 4 is 12.3 Å². The number of aliphatic imine (C=N–C) groups is 1. The molecule has 0 rings (SSSR count). The van der Waals surface area contributed by atoms with Gasteiger partial charge in [-0.3, -0.25) is 0 Å². The molecule has 58 valence electrons. The van der Waals surface area contributed by atoms with Crippen LogP contribution in [0, 0.1) is 0 Å². The highest BCUT2D eigenvalue weighted by atomic mass is 16.6. The van der Waals surface area contributed by atoms with E-state index in [1.165, 1.54) is 6.21 Å². The van der Waals surface area contributed by atoms with Crippen LogP contribution in [0.1, 0.15) is 27.7 Å². The zero-order valence-corrected chi connectivity index (χ0v) is 6.84. The monoisotopic (exact) mass is 143 g/mol. The van der Waals surface area contributed by atoms with E-state index in [2.05, 4.69) is 4.99 Å². The fourth-order valence-electron chi connectivity index (χ4n) is 0.394. The molecule has 0 heterocycles. The van der Waals surface area contributed by atoms with E-state index < -0.39 is 11.7 Å². The molecule has 10 heavy (non-hydrogen) atoms. The van der Waals surface area contributed by atoms with Crippen molar-refractivity contribution in [1.82, 2.24) is 0 Å². The molecule has 0 aromatic carbocycles. The van der Waals surface area contributed by atoms with Crippen molar-refractivity contribution in [2.45, 2.75) is 33.3 Å². The second-order valence-electron chi connectivity index (χ2n) is 2.87. The fourth-order valence-corrected chi connectivity index (χ4v) is 0.394. The van der Waals surface area contributed by atoms with Gasteiger partial charge >= 0.3 is 6.09 Å². The lowest BCUT2D eigenvalue weighted by atomic mass is 10.2. The van der Waals surface area contributed by atoms with Crippen LogP contribution in [0.5, 0.6) is 0 Å². The normalized spacial score (nSPS) is 12.0. The molecule has 0 N–H and O–H groups in total. The lowest BCUT2D eigenvalue weighted by Crippen LogP contribution is -2.21. The molecule has 3 nitrogen and oxygen atoms in total. The van der Waals surface area contributed by atoms with Gasteiger partial charge in [0.2, 0.25) is 0 Å². The average Bonchev–Trinajstić information content (AvgIpc) is 1.59. The van der Waals surface area contributed by atoms with Crippen molar-refractivity contribution < 1.29 is 9.53 Å². The topological polar surface area (TPSA) is 38.7 Å². The lowest BCUT2D eigenvalue weighted by molar-refractivity contribution is 0.0605. The summed E-state index contributed by atoms with van der Waals surface area (Å²) in [6.45, 7) is 7.08. The van der Waals surface area contributed by atoms with E-state index in [0.717, 1.165) is 0 Å². The number of rotatable bonds is 0. The van der Waals surface area contributed by atoms with Crippen LogP contribution in [-0.2, 0) is 4.74 Å². The third-order valence-electron chi connectivity index (χ3n) is 0.628.